The molecule has 132 valence electrons. The van der Waals surface area contributed by atoms with Gasteiger partial charge in [-0.15, -0.1) is 0 Å². The zero-order valence-electron chi connectivity index (χ0n) is 13.8. The lowest BCUT2D eigenvalue weighted by atomic mass is 10.2. The fourth-order valence-electron chi connectivity index (χ4n) is 2.72. The van der Waals surface area contributed by atoms with Gasteiger partial charge in [0.2, 0.25) is 0 Å². The fourth-order valence-corrected chi connectivity index (χ4v) is 2.92. The third-order valence-corrected chi connectivity index (χ3v) is 4.30. The number of rotatable bonds is 3. The molecule has 1 aliphatic heterocycles. The topological polar surface area (TPSA) is 65.4 Å². The first-order valence-electron chi connectivity index (χ1n) is 8.20. The van der Waals surface area contributed by atoms with E-state index in [9.17, 15) is 4.79 Å². The van der Waals surface area contributed by atoms with Gasteiger partial charge in [0.15, 0.2) is 11.5 Å². The Morgan fingerprint density at radius 2 is 1.85 bits per heavy atom. The van der Waals surface area contributed by atoms with Crippen LogP contribution in [0.2, 0.25) is 5.02 Å². The summed E-state index contributed by atoms with van der Waals surface area (Å²) in [5.41, 5.74) is 1.71. The molecule has 0 unspecified atom stereocenters. The van der Waals surface area contributed by atoms with Gasteiger partial charge >= 0.3 is 0 Å². The second-order valence-corrected chi connectivity index (χ2v) is 6.18. The van der Waals surface area contributed by atoms with Gasteiger partial charge in [-0.25, -0.2) is 4.98 Å². The maximum atomic E-state index is 12.8. The van der Waals surface area contributed by atoms with Crippen LogP contribution in [0.15, 0.2) is 55.0 Å². The minimum atomic E-state index is -0.317. The lowest BCUT2D eigenvalue weighted by Gasteiger charge is -2.13. The molecule has 3 aromatic rings. The number of aromatic nitrogens is 2. The molecule has 4 rings (SSSR count). The van der Waals surface area contributed by atoms with Crippen molar-refractivity contribution in [1.29, 1.82) is 0 Å². The molecule has 6 nitrogen and oxygen atoms in total. The predicted octanol–water partition coefficient (Wildman–Crippen LogP) is 3.94. The summed E-state index contributed by atoms with van der Waals surface area (Å²) in [5, 5.41) is 3.21. The summed E-state index contributed by atoms with van der Waals surface area (Å²) < 4.78 is 13.0. The molecular formula is C19H16ClN3O3. The van der Waals surface area contributed by atoms with Crippen molar-refractivity contribution in [2.75, 3.05) is 18.5 Å². The maximum Gasteiger partial charge on any atom is 0.274 e. The van der Waals surface area contributed by atoms with Crippen LogP contribution in [-0.2, 0) is 0 Å². The molecule has 7 heteroatoms. The minimum absolute atomic E-state index is 0.317. The summed E-state index contributed by atoms with van der Waals surface area (Å²) in [6.07, 6.45) is 3.91. The van der Waals surface area contributed by atoms with E-state index >= 15 is 0 Å². The molecule has 26 heavy (non-hydrogen) atoms. The maximum absolute atomic E-state index is 12.8. The highest BCUT2D eigenvalue weighted by molar-refractivity contribution is 6.34. The van der Waals surface area contributed by atoms with Crippen LogP contribution in [0.1, 0.15) is 16.9 Å². The Morgan fingerprint density at radius 1 is 1.12 bits per heavy atom. The van der Waals surface area contributed by atoms with Crippen LogP contribution in [0.5, 0.6) is 11.5 Å². The van der Waals surface area contributed by atoms with Crippen molar-refractivity contribution >= 4 is 23.2 Å². The van der Waals surface area contributed by atoms with Gasteiger partial charge in [-0.1, -0.05) is 29.8 Å². The van der Waals surface area contributed by atoms with Gasteiger partial charge < -0.3 is 14.8 Å². The fraction of sp³-hybridized carbons (Fsp3) is 0.158. The quantitative estimate of drug-likeness (QED) is 0.759. The van der Waals surface area contributed by atoms with E-state index in [-0.39, 0.29) is 5.91 Å². The summed E-state index contributed by atoms with van der Waals surface area (Å²) >= 11 is 6.30. The summed E-state index contributed by atoms with van der Waals surface area (Å²) in [6, 6.07) is 12.9. The van der Waals surface area contributed by atoms with Crippen molar-refractivity contribution in [2.24, 2.45) is 0 Å². The summed E-state index contributed by atoms with van der Waals surface area (Å²) in [6.45, 7) is 1.13. The highest BCUT2D eigenvalue weighted by Crippen LogP contribution is 2.37. The highest BCUT2D eigenvalue weighted by atomic mass is 35.5. The summed E-state index contributed by atoms with van der Waals surface area (Å²) in [5.74, 6) is 0.835. The molecule has 2 aromatic carbocycles. The van der Waals surface area contributed by atoms with Crippen LogP contribution >= 0.6 is 11.6 Å². The predicted molar refractivity (Wildman–Crippen MR) is 98.6 cm³/mol. The number of carbonyl (C=O) groups excluding carboxylic acids is 1. The number of fused-ring (bicyclic) bond motifs is 1. The molecule has 1 aliphatic rings. The number of ether oxygens (including phenoxy) is 2. The van der Waals surface area contributed by atoms with Gasteiger partial charge in [0.25, 0.3) is 5.91 Å². The van der Waals surface area contributed by atoms with Gasteiger partial charge in [0.05, 0.1) is 36.4 Å². The number of benzene rings is 2. The molecule has 0 atom stereocenters. The number of hydrogen-bond acceptors (Lipinski definition) is 4. The van der Waals surface area contributed by atoms with Crippen molar-refractivity contribution < 1.29 is 14.3 Å². The highest BCUT2D eigenvalue weighted by Gasteiger charge is 2.18. The zero-order chi connectivity index (χ0) is 17.9. The van der Waals surface area contributed by atoms with Crippen molar-refractivity contribution in [3.05, 3.63) is 65.7 Å². The van der Waals surface area contributed by atoms with E-state index in [2.05, 4.69) is 10.3 Å². The Labute approximate surface area is 155 Å². The number of para-hydroxylation sites is 1. The van der Waals surface area contributed by atoms with E-state index in [1.807, 2.05) is 30.3 Å². The number of imidazole rings is 1. The standard InChI is InChI=1S/C19H16ClN3O3/c20-14-9-17-18(26-8-4-7-25-17)10-15(14)22-19(24)16-11-21-12-23(16)13-5-2-1-3-6-13/h1-3,5-6,9-12H,4,7-8H2,(H,22,24). The van der Waals surface area contributed by atoms with E-state index in [4.69, 9.17) is 21.1 Å². The van der Waals surface area contributed by atoms with Gasteiger partial charge in [-0.05, 0) is 12.1 Å². The zero-order valence-corrected chi connectivity index (χ0v) is 14.6. The Hall–Kier alpha value is -2.99. The van der Waals surface area contributed by atoms with E-state index in [0.29, 0.717) is 41.1 Å². The van der Waals surface area contributed by atoms with Crippen molar-refractivity contribution in [3.8, 4) is 17.2 Å². The number of amides is 1. The van der Waals surface area contributed by atoms with Gasteiger partial charge in [0, 0.05) is 24.2 Å². The number of nitrogens with one attached hydrogen (secondary N) is 1. The first-order valence-corrected chi connectivity index (χ1v) is 8.58. The number of carbonyl (C=O) groups is 1. The number of hydrogen-bond donors (Lipinski definition) is 1. The molecule has 1 N–H and O–H groups in total. The molecular weight excluding hydrogens is 354 g/mol. The molecule has 2 heterocycles. The van der Waals surface area contributed by atoms with Crippen molar-refractivity contribution in [1.82, 2.24) is 9.55 Å². The van der Waals surface area contributed by atoms with E-state index in [1.165, 1.54) is 6.20 Å². The molecule has 0 spiro atoms. The van der Waals surface area contributed by atoms with E-state index in [1.54, 1.807) is 23.0 Å². The second-order valence-electron chi connectivity index (χ2n) is 5.77. The third-order valence-electron chi connectivity index (χ3n) is 3.99. The molecule has 0 aliphatic carbocycles. The Bertz CT molecular complexity index is 940. The smallest absolute Gasteiger partial charge is 0.274 e. The van der Waals surface area contributed by atoms with E-state index < -0.39 is 0 Å². The van der Waals surface area contributed by atoms with Gasteiger partial charge in [0.1, 0.15) is 5.69 Å². The molecule has 1 amide bonds. The summed E-state index contributed by atoms with van der Waals surface area (Å²) in [4.78, 5) is 16.8. The minimum Gasteiger partial charge on any atom is -0.490 e. The SMILES string of the molecule is O=C(Nc1cc2c(cc1Cl)OCCCO2)c1cncn1-c1ccccc1. The molecule has 0 saturated carbocycles. The Balaban J connectivity index is 1.62. The molecule has 0 fully saturated rings. The number of nitrogens with zero attached hydrogens (tertiary/aromatic N) is 2. The van der Waals surface area contributed by atoms with Crippen LogP contribution in [0.3, 0.4) is 0 Å². The van der Waals surface area contributed by atoms with Crippen LogP contribution in [0, 0.1) is 0 Å². The first-order chi connectivity index (χ1) is 12.7. The average molecular weight is 370 g/mol. The van der Waals surface area contributed by atoms with Crippen molar-refractivity contribution in [3.63, 3.8) is 0 Å². The molecule has 0 saturated heterocycles. The monoisotopic (exact) mass is 369 g/mol. The van der Waals surface area contributed by atoms with Crippen LogP contribution in [-0.4, -0.2) is 28.7 Å². The van der Waals surface area contributed by atoms with Gasteiger partial charge in [-0.2, -0.15) is 0 Å². The number of anilines is 1. The van der Waals surface area contributed by atoms with Crippen LogP contribution in [0.4, 0.5) is 5.69 Å². The van der Waals surface area contributed by atoms with Crippen LogP contribution in [0.25, 0.3) is 5.69 Å². The molecule has 0 radical (unpaired) electrons. The number of halogens is 1. The first kappa shape index (κ1) is 16.5. The van der Waals surface area contributed by atoms with Crippen LogP contribution < -0.4 is 14.8 Å². The average Bonchev–Trinajstić information content (AvgIpc) is 3.04. The summed E-state index contributed by atoms with van der Waals surface area (Å²) in [7, 11) is 0. The Morgan fingerprint density at radius 3 is 2.62 bits per heavy atom. The van der Waals surface area contributed by atoms with E-state index in [0.717, 1.165) is 12.1 Å². The largest absolute Gasteiger partial charge is 0.490 e. The lowest BCUT2D eigenvalue weighted by Crippen LogP contribution is -2.16. The van der Waals surface area contributed by atoms with Gasteiger partial charge in [-0.3, -0.25) is 9.36 Å². The third kappa shape index (κ3) is 3.23. The molecule has 0 bridgehead atoms. The van der Waals surface area contributed by atoms with Crippen molar-refractivity contribution in [2.45, 2.75) is 6.42 Å². The molecule has 1 aromatic heterocycles. The normalized spacial score (nSPS) is 13.1. The lowest BCUT2D eigenvalue weighted by molar-refractivity contribution is 0.102. The second kappa shape index (κ2) is 7.09. The Kier molecular flexibility index (Phi) is 4.50.